The maximum atomic E-state index is 12.0. The number of rotatable bonds is 3. The lowest BCUT2D eigenvalue weighted by molar-refractivity contribution is 0.145. The zero-order valence-corrected chi connectivity index (χ0v) is 12.4. The second kappa shape index (κ2) is 7.31. The number of halogens is 1. The van der Waals surface area contributed by atoms with Gasteiger partial charge in [-0.25, -0.2) is 4.79 Å². The molecule has 1 aliphatic rings. The number of urea groups is 1. The van der Waals surface area contributed by atoms with Crippen LogP contribution in [0.25, 0.3) is 6.08 Å². The number of carbonyl (C=O) groups excluding carboxylic acids is 1. The van der Waals surface area contributed by atoms with Gasteiger partial charge in [0.1, 0.15) is 0 Å². The van der Waals surface area contributed by atoms with Gasteiger partial charge in [0.05, 0.1) is 0 Å². The molecule has 2 rings (SSSR count). The van der Waals surface area contributed by atoms with E-state index in [-0.39, 0.29) is 6.03 Å². The smallest absolute Gasteiger partial charge is 0.321 e. The topological polar surface area (TPSA) is 35.6 Å². The molecule has 1 aromatic carbocycles. The van der Waals surface area contributed by atoms with Crippen LogP contribution in [0.15, 0.2) is 30.5 Å². The fourth-order valence-electron chi connectivity index (χ4n) is 2.14. The van der Waals surface area contributed by atoms with E-state index >= 15 is 0 Å². The fourth-order valence-corrected chi connectivity index (χ4v) is 2.27. The van der Waals surface area contributed by atoms with Gasteiger partial charge in [0.25, 0.3) is 0 Å². The van der Waals surface area contributed by atoms with E-state index in [0.29, 0.717) is 5.02 Å². The van der Waals surface area contributed by atoms with Crippen LogP contribution in [0.4, 0.5) is 4.79 Å². The summed E-state index contributed by atoms with van der Waals surface area (Å²) in [7, 11) is 0. The third kappa shape index (κ3) is 4.25. The fraction of sp³-hybridized carbons (Fsp3) is 0.400. The predicted molar refractivity (Wildman–Crippen MR) is 82.7 cm³/mol. The summed E-state index contributed by atoms with van der Waals surface area (Å²) in [6, 6.07) is 7.43. The molecule has 0 saturated carbocycles. The van der Waals surface area contributed by atoms with Crippen LogP contribution >= 0.6 is 11.6 Å². The summed E-state index contributed by atoms with van der Waals surface area (Å²) in [6.45, 7) is 6.66. The van der Waals surface area contributed by atoms with Gasteiger partial charge in [-0.15, -0.1) is 0 Å². The van der Waals surface area contributed by atoms with Crippen molar-refractivity contribution in [1.82, 2.24) is 15.1 Å². The lowest BCUT2D eigenvalue weighted by Gasteiger charge is -2.33. The summed E-state index contributed by atoms with van der Waals surface area (Å²) in [5.74, 6) is 0. The highest BCUT2D eigenvalue weighted by Crippen LogP contribution is 2.10. The first kappa shape index (κ1) is 14.9. The molecule has 2 amide bonds. The average molecular weight is 294 g/mol. The second-order valence-corrected chi connectivity index (χ2v) is 5.19. The van der Waals surface area contributed by atoms with Gasteiger partial charge in [-0.3, -0.25) is 0 Å². The molecule has 1 heterocycles. The van der Waals surface area contributed by atoms with Crippen LogP contribution in [0.5, 0.6) is 0 Å². The zero-order valence-electron chi connectivity index (χ0n) is 11.7. The van der Waals surface area contributed by atoms with Crippen molar-refractivity contribution in [1.29, 1.82) is 0 Å². The molecule has 0 spiro atoms. The van der Waals surface area contributed by atoms with Crippen molar-refractivity contribution in [2.75, 3.05) is 32.7 Å². The number of nitrogens with zero attached hydrogens (tertiary/aromatic N) is 2. The number of likely N-dealkylation sites (N-methyl/N-ethyl adjacent to an activating group) is 1. The third-order valence-electron chi connectivity index (χ3n) is 3.46. The number of hydrogen-bond acceptors (Lipinski definition) is 2. The first-order valence-corrected chi connectivity index (χ1v) is 7.26. The predicted octanol–water partition coefficient (Wildman–Crippen LogP) is 2.66. The lowest BCUT2D eigenvalue weighted by atomic mass is 10.2. The van der Waals surface area contributed by atoms with Crippen LogP contribution in [0.3, 0.4) is 0 Å². The molecular weight excluding hydrogens is 274 g/mol. The van der Waals surface area contributed by atoms with Gasteiger partial charge in [-0.2, -0.15) is 0 Å². The molecule has 0 atom stereocenters. The molecule has 20 heavy (non-hydrogen) atoms. The Balaban J connectivity index is 1.79. The molecule has 4 nitrogen and oxygen atoms in total. The third-order valence-corrected chi connectivity index (χ3v) is 3.71. The largest absolute Gasteiger partial charge is 0.322 e. The summed E-state index contributed by atoms with van der Waals surface area (Å²) in [5.41, 5.74) is 1.01. The van der Waals surface area contributed by atoms with Gasteiger partial charge in [0, 0.05) is 37.4 Å². The molecular formula is C15H20ClN3O. The van der Waals surface area contributed by atoms with E-state index in [0.717, 1.165) is 38.3 Å². The molecule has 1 fully saturated rings. The molecule has 0 radical (unpaired) electrons. The van der Waals surface area contributed by atoms with Crippen molar-refractivity contribution in [3.05, 3.63) is 41.1 Å². The van der Waals surface area contributed by atoms with Gasteiger partial charge in [0.2, 0.25) is 0 Å². The molecule has 108 valence electrons. The van der Waals surface area contributed by atoms with Crippen molar-refractivity contribution in [3.8, 4) is 0 Å². The molecule has 0 bridgehead atoms. The first-order chi connectivity index (χ1) is 9.69. The monoisotopic (exact) mass is 293 g/mol. The van der Waals surface area contributed by atoms with Crippen molar-refractivity contribution < 1.29 is 4.79 Å². The quantitative estimate of drug-likeness (QED) is 0.930. The van der Waals surface area contributed by atoms with Crippen LogP contribution in [0.1, 0.15) is 12.5 Å². The molecule has 1 saturated heterocycles. The van der Waals surface area contributed by atoms with E-state index in [9.17, 15) is 4.79 Å². The Morgan fingerprint density at radius 3 is 2.50 bits per heavy atom. The average Bonchev–Trinajstić information content (AvgIpc) is 2.49. The number of benzene rings is 1. The highest BCUT2D eigenvalue weighted by molar-refractivity contribution is 6.30. The molecule has 1 N–H and O–H groups in total. The molecule has 1 aromatic rings. The maximum Gasteiger partial charge on any atom is 0.321 e. The number of carbonyl (C=O) groups is 1. The minimum atomic E-state index is -0.0361. The van der Waals surface area contributed by atoms with Crippen molar-refractivity contribution in [3.63, 3.8) is 0 Å². The molecule has 5 heteroatoms. The second-order valence-electron chi connectivity index (χ2n) is 4.76. The van der Waals surface area contributed by atoms with E-state index in [1.807, 2.05) is 35.2 Å². The van der Waals surface area contributed by atoms with Crippen molar-refractivity contribution in [2.45, 2.75) is 6.92 Å². The maximum absolute atomic E-state index is 12.0. The number of amides is 2. The van der Waals surface area contributed by atoms with Crippen LogP contribution in [-0.2, 0) is 0 Å². The highest BCUT2D eigenvalue weighted by atomic mass is 35.5. The Morgan fingerprint density at radius 2 is 1.90 bits per heavy atom. The van der Waals surface area contributed by atoms with Gasteiger partial charge in [-0.05, 0) is 30.3 Å². The van der Waals surface area contributed by atoms with Crippen LogP contribution in [0, 0.1) is 0 Å². The summed E-state index contributed by atoms with van der Waals surface area (Å²) >= 11 is 5.82. The summed E-state index contributed by atoms with van der Waals surface area (Å²) in [4.78, 5) is 16.1. The molecule has 0 aliphatic carbocycles. The first-order valence-electron chi connectivity index (χ1n) is 6.89. The van der Waals surface area contributed by atoms with E-state index in [1.165, 1.54) is 0 Å². The van der Waals surface area contributed by atoms with E-state index in [1.54, 1.807) is 6.20 Å². The van der Waals surface area contributed by atoms with E-state index < -0.39 is 0 Å². The van der Waals surface area contributed by atoms with Crippen molar-refractivity contribution in [2.24, 2.45) is 0 Å². The number of hydrogen-bond donors (Lipinski definition) is 1. The van der Waals surface area contributed by atoms with Gasteiger partial charge in [0.15, 0.2) is 0 Å². The van der Waals surface area contributed by atoms with Gasteiger partial charge >= 0.3 is 6.03 Å². The lowest BCUT2D eigenvalue weighted by Crippen LogP contribution is -2.50. The minimum Gasteiger partial charge on any atom is -0.322 e. The summed E-state index contributed by atoms with van der Waals surface area (Å²) in [6.07, 6.45) is 3.54. The Kier molecular flexibility index (Phi) is 5.44. The molecule has 0 unspecified atom stereocenters. The number of nitrogens with one attached hydrogen (secondary N) is 1. The Bertz CT molecular complexity index is 465. The number of piperazine rings is 1. The van der Waals surface area contributed by atoms with Gasteiger partial charge in [-0.1, -0.05) is 30.7 Å². The Labute approximate surface area is 125 Å². The summed E-state index contributed by atoms with van der Waals surface area (Å²) in [5, 5.41) is 3.51. The van der Waals surface area contributed by atoms with Crippen LogP contribution in [0.2, 0.25) is 5.02 Å². The minimum absolute atomic E-state index is 0.0361. The molecule has 1 aliphatic heterocycles. The van der Waals surface area contributed by atoms with Crippen molar-refractivity contribution >= 4 is 23.7 Å². The SMILES string of the molecule is CCN1CCN(C(=O)N/C=C/c2ccc(Cl)cc2)CC1. The Morgan fingerprint density at radius 1 is 1.25 bits per heavy atom. The summed E-state index contributed by atoms with van der Waals surface area (Å²) < 4.78 is 0. The van der Waals surface area contributed by atoms with E-state index in [2.05, 4.69) is 17.1 Å². The standard InChI is InChI=1S/C15H20ClN3O/c1-2-18-9-11-19(12-10-18)15(20)17-8-7-13-3-5-14(16)6-4-13/h3-8H,2,9-12H2,1H3,(H,17,20)/b8-7+. The van der Waals surface area contributed by atoms with E-state index in [4.69, 9.17) is 11.6 Å². The van der Waals surface area contributed by atoms with Gasteiger partial charge < -0.3 is 15.1 Å². The van der Waals surface area contributed by atoms with Crippen LogP contribution < -0.4 is 5.32 Å². The normalized spacial score (nSPS) is 16.6. The highest BCUT2D eigenvalue weighted by Gasteiger charge is 2.18. The van der Waals surface area contributed by atoms with Crippen LogP contribution in [-0.4, -0.2) is 48.6 Å². The Hall–Kier alpha value is -1.52. The zero-order chi connectivity index (χ0) is 14.4. The molecule has 0 aromatic heterocycles.